The van der Waals surface area contributed by atoms with Gasteiger partial charge in [-0.25, -0.2) is 13.4 Å². The molecule has 2 aromatic carbocycles. The SMILES string of the molecule is Cc1cnc(C(=O)Nc2cc(Oc3ccc(S(C)(=O)=O)cc3)cc(-c3ccn(C)c(=O)c3)c2)s1. The summed E-state index contributed by atoms with van der Waals surface area (Å²) in [7, 11) is -1.67. The van der Waals surface area contributed by atoms with Crippen LogP contribution >= 0.6 is 11.3 Å². The van der Waals surface area contributed by atoms with Gasteiger partial charge in [-0.2, -0.15) is 0 Å². The van der Waals surface area contributed by atoms with E-state index < -0.39 is 9.84 Å². The average Bonchev–Trinajstić information content (AvgIpc) is 3.22. The molecule has 4 rings (SSSR count). The number of aryl methyl sites for hydroxylation is 2. The lowest BCUT2D eigenvalue weighted by Gasteiger charge is -2.12. The average molecular weight is 496 g/mol. The molecule has 0 aliphatic carbocycles. The first kappa shape index (κ1) is 23.4. The first-order valence-electron chi connectivity index (χ1n) is 10.1. The minimum absolute atomic E-state index is 0.177. The molecule has 34 heavy (non-hydrogen) atoms. The van der Waals surface area contributed by atoms with Gasteiger partial charge in [-0.05, 0) is 60.5 Å². The number of thiazole rings is 1. The van der Waals surface area contributed by atoms with Crippen molar-refractivity contribution in [2.75, 3.05) is 11.6 Å². The Morgan fingerprint density at radius 1 is 1.03 bits per heavy atom. The van der Waals surface area contributed by atoms with Crippen molar-refractivity contribution in [2.45, 2.75) is 11.8 Å². The number of pyridine rings is 1. The molecule has 0 fully saturated rings. The number of ether oxygens (including phenoxy) is 1. The van der Waals surface area contributed by atoms with Crippen LogP contribution in [-0.4, -0.2) is 30.1 Å². The molecule has 4 aromatic rings. The van der Waals surface area contributed by atoms with E-state index in [-0.39, 0.29) is 16.4 Å². The van der Waals surface area contributed by atoms with E-state index in [1.165, 1.54) is 34.1 Å². The van der Waals surface area contributed by atoms with Gasteiger partial charge >= 0.3 is 0 Å². The smallest absolute Gasteiger partial charge is 0.284 e. The minimum Gasteiger partial charge on any atom is -0.457 e. The first-order valence-corrected chi connectivity index (χ1v) is 12.8. The zero-order valence-corrected chi connectivity index (χ0v) is 20.2. The maximum atomic E-state index is 12.7. The van der Waals surface area contributed by atoms with Crippen molar-refractivity contribution >= 4 is 32.8 Å². The molecule has 0 atom stereocenters. The Bertz CT molecular complexity index is 1540. The van der Waals surface area contributed by atoms with Crippen molar-refractivity contribution in [1.29, 1.82) is 0 Å². The highest BCUT2D eigenvalue weighted by atomic mass is 32.2. The summed E-state index contributed by atoms with van der Waals surface area (Å²) in [6.07, 6.45) is 4.42. The third-order valence-electron chi connectivity index (χ3n) is 4.91. The molecule has 0 bridgehead atoms. The van der Waals surface area contributed by atoms with Crippen LogP contribution in [0.5, 0.6) is 11.5 Å². The van der Waals surface area contributed by atoms with Gasteiger partial charge in [-0.1, -0.05) is 0 Å². The van der Waals surface area contributed by atoms with E-state index in [9.17, 15) is 18.0 Å². The Morgan fingerprint density at radius 2 is 1.76 bits per heavy atom. The van der Waals surface area contributed by atoms with E-state index in [0.717, 1.165) is 11.1 Å². The summed E-state index contributed by atoms with van der Waals surface area (Å²) >= 11 is 1.28. The van der Waals surface area contributed by atoms with Crippen molar-refractivity contribution in [1.82, 2.24) is 9.55 Å². The van der Waals surface area contributed by atoms with Crippen LogP contribution in [-0.2, 0) is 16.9 Å². The zero-order valence-electron chi connectivity index (χ0n) is 18.6. The Morgan fingerprint density at radius 3 is 2.38 bits per heavy atom. The van der Waals surface area contributed by atoms with Crippen LogP contribution in [0, 0.1) is 6.92 Å². The van der Waals surface area contributed by atoms with Gasteiger partial charge in [0.2, 0.25) is 0 Å². The number of anilines is 1. The van der Waals surface area contributed by atoms with Crippen LogP contribution in [0.1, 0.15) is 14.7 Å². The standard InChI is InChI=1S/C24H21N3O5S2/c1-15-14-25-24(33-15)23(29)26-18-10-17(16-8-9-27(2)22(28)12-16)11-20(13-18)32-19-4-6-21(7-5-19)34(3,30)31/h4-14H,1-3H3,(H,26,29). The fourth-order valence-electron chi connectivity index (χ4n) is 3.16. The summed E-state index contributed by atoms with van der Waals surface area (Å²) in [6, 6.07) is 14.4. The van der Waals surface area contributed by atoms with E-state index in [1.54, 1.807) is 55.8 Å². The number of aromatic nitrogens is 2. The number of carbonyl (C=O) groups is 1. The second kappa shape index (κ2) is 9.24. The van der Waals surface area contributed by atoms with Gasteiger partial charge in [-0.3, -0.25) is 9.59 Å². The highest BCUT2D eigenvalue weighted by Crippen LogP contribution is 2.32. The van der Waals surface area contributed by atoms with Gasteiger partial charge < -0.3 is 14.6 Å². The highest BCUT2D eigenvalue weighted by Gasteiger charge is 2.13. The van der Waals surface area contributed by atoms with Gasteiger partial charge in [0, 0.05) is 48.4 Å². The first-order chi connectivity index (χ1) is 16.1. The largest absolute Gasteiger partial charge is 0.457 e. The molecule has 0 saturated heterocycles. The number of amides is 1. The molecule has 2 aromatic heterocycles. The van der Waals surface area contributed by atoms with Crippen molar-refractivity contribution in [3.8, 4) is 22.6 Å². The second-order valence-electron chi connectivity index (χ2n) is 7.69. The number of sulfone groups is 1. The zero-order chi connectivity index (χ0) is 24.5. The summed E-state index contributed by atoms with van der Waals surface area (Å²) < 4.78 is 30.8. The van der Waals surface area contributed by atoms with Gasteiger partial charge in [0.05, 0.1) is 4.90 Å². The second-order valence-corrected chi connectivity index (χ2v) is 10.9. The summed E-state index contributed by atoms with van der Waals surface area (Å²) in [6.45, 7) is 1.87. The highest BCUT2D eigenvalue weighted by molar-refractivity contribution is 7.90. The van der Waals surface area contributed by atoms with Crippen LogP contribution in [0.3, 0.4) is 0 Å². The van der Waals surface area contributed by atoms with Crippen molar-refractivity contribution in [3.63, 3.8) is 0 Å². The molecular weight excluding hydrogens is 474 g/mol. The lowest BCUT2D eigenvalue weighted by atomic mass is 10.1. The molecule has 1 N–H and O–H groups in total. The van der Waals surface area contributed by atoms with Gasteiger partial charge in [0.15, 0.2) is 14.8 Å². The van der Waals surface area contributed by atoms with E-state index in [2.05, 4.69) is 10.3 Å². The van der Waals surface area contributed by atoms with Crippen LogP contribution < -0.4 is 15.6 Å². The third kappa shape index (κ3) is 5.41. The van der Waals surface area contributed by atoms with Crippen LogP contribution in [0.4, 0.5) is 5.69 Å². The Kier molecular flexibility index (Phi) is 6.36. The van der Waals surface area contributed by atoms with Gasteiger partial charge in [0.1, 0.15) is 11.5 Å². The summed E-state index contributed by atoms with van der Waals surface area (Å²) in [5.41, 5.74) is 1.60. The Balaban J connectivity index is 1.70. The molecule has 8 nitrogen and oxygen atoms in total. The number of hydrogen-bond donors (Lipinski definition) is 1. The molecule has 2 heterocycles. The molecule has 0 radical (unpaired) electrons. The molecular formula is C24H21N3O5S2. The molecule has 0 spiro atoms. The van der Waals surface area contributed by atoms with Crippen molar-refractivity contribution in [3.05, 3.63) is 87.2 Å². The number of nitrogens with one attached hydrogen (secondary N) is 1. The molecule has 10 heteroatoms. The molecule has 0 saturated carbocycles. The van der Waals surface area contributed by atoms with Crippen molar-refractivity contribution in [2.24, 2.45) is 7.05 Å². The lowest BCUT2D eigenvalue weighted by Crippen LogP contribution is -2.14. The maximum Gasteiger partial charge on any atom is 0.284 e. The fraction of sp³-hybridized carbons (Fsp3) is 0.125. The molecule has 174 valence electrons. The molecule has 0 aliphatic heterocycles. The Hall–Kier alpha value is -3.76. The third-order valence-corrected chi connectivity index (χ3v) is 6.95. The number of benzene rings is 2. The van der Waals surface area contributed by atoms with Crippen LogP contribution in [0.15, 0.2) is 76.7 Å². The molecule has 0 unspecified atom stereocenters. The van der Waals surface area contributed by atoms with E-state index in [4.69, 9.17) is 4.74 Å². The van der Waals surface area contributed by atoms with E-state index in [1.807, 2.05) is 6.92 Å². The quantitative estimate of drug-likeness (QED) is 0.428. The summed E-state index contributed by atoms with van der Waals surface area (Å²) in [4.78, 5) is 30.0. The lowest BCUT2D eigenvalue weighted by molar-refractivity contribution is 0.102. The monoisotopic (exact) mass is 495 g/mol. The summed E-state index contributed by atoms with van der Waals surface area (Å²) in [5, 5.41) is 3.16. The minimum atomic E-state index is -3.33. The van der Waals surface area contributed by atoms with Crippen LogP contribution in [0.2, 0.25) is 0 Å². The van der Waals surface area contributed by atoms with E-state index >= 15 is 0 Å². The predicted octanol–water partition coefficient (Wildman–Crippen LogP) is 4.27. The van der Waals surface area contributed by atoms with Crippen molar-refractivity contribution < 1.29 is 17.9 Å². The van der Waals surface area contributed by atoms with E-state index in [0.29, 0.717) is 33.3 Å². The fourth-order valence-corrected chi connectivity index (χ4v) is 4.45. The topological polar surface area (TPSA) is 107 Å². The molecule has 0 aliphatic rings. The molecule has 1 amide bonds. The maximum absolute atomic E-state index is 12.7. The Labute approximate surface area is 200 Å². The van der Waals surface area contributed by atoms with Gasteiger partial charge in [-0.15, -0.1) is 11.3 Å². The van der Waals surface area contributed by atoms with Crippen LogP contribution in [0.25, 0.3) is 11.1 Å². The normalized spacial score (nSPS) is 11.3. The number of carbonyl (C=O) groups excluding carboxylic acids is 1. The summed E-state index contributed by atoms with van der Waals surface area (Å²) in [5.74, 6) is 0.458. The number of hydrogen-bond acceptors (Lipinski definition) is 7. The number of nitrogens with zero attached hydrogens (tertiary/aromatic N) is 2. The number of rotatable bonds is 6. The predicted molar refractivity (Wildman–Crippen MR) is 132 cm³/mol. The van der Waals surface area contributed by atoms with Gasteiger partial charge in [0.25, 0.3) is 11.5 Å².